The number of rotatable bonds is 1. The van der Waals surface area contributed by atoms with E-state index >= 15 is 0 Å². The molecule has 1 amide bonds. The minimum Gasteiger partial charge on any atom is -0.350 e. The summed E-state index contributed by atoms with van der Waals surface area (Å²) in [4.78, 5) is 16.9. The van der Waals surface area contributed by atoms with Gasteiger partial charge in [0, 0.05) is 18.5 Å². The fraction of sp³-hybridized carbons (Fsp3) is 0.263. The fourth-order valence-electron chi connectivity index (χ4n) is 3.36. The number of nitrogens with zero attached hydrogens (tertiary/aromatic N) is 2. The predicted octanol–water partition coefficient (Wildman–Crippen LogP) is 3.10. The lowest BCUT2D eigenvalue weighted by Crippen LogP contribution is -2.21. The van der Waals surface area contributed by atoms with Crippen molar-refractivity contribution in [2.24, 2.45) is 0 Å². The smallest absolute Gasteiger partial charge is 0.221 e. The van der Waals surface area contributed by atoms with Crippen LogP contribution in [0.25, 0.3) is 5.65 Å². The summed E-state index contributed by atoms with van der Waals surface area (Å²) in [5.41, 5.74) is 6.72. The number of aromatic nitrogens is 2. The number of hydrogen-bond donors (Lipinski definition) is 1. The van der Waals surface area contributed by atoms with E-state index < -0.39 is 0 Å². The average molecular weight is 305 g/mol. The van der Waals surface area contributed by atoms with Gasteiger partial charge in [0.05, 0.1) is 17.9 Å². The van der Waals surface area contributed by atoms with Gasteiger partial charge in [0.15, 0.2) is 0 Å². The van der Waals surface area contributed by atoms with Gasteiger partial charge in [-0.3, -0.25) is 4.79 Å². The highest BCUT2D eigenvalue weighted by atomic mass is 16.1. The highest BCUT2D eigenvalue weighted by Crippen LogP contribution is 2.33. The second-order valence-corrected chi connectivity index (χ2v) is 6.25. The maximum absolute atomic E-state index is 12.2. The lowest BCUT2D eigenvalue weighted by atomic mass is 9.89. The van der Waals surface area contributed by atoms with Crippen molar-refractivity contribution in [3.05, 3.63) is 70.7 Å². The summed E-state index contributed by atoms with van der Waals surface area (Å²) in [5.74, 6) is 0.111. The predicted molar refractivity (Wildman–Crippen MR) is 89.4 cm³/mol. The Labute approximate surface area is 135 Å². The molecule has 0 aliphatic carbocycles. The Kier molecular flexibility index (Phi) is 3.18. The van der Waals surface area contributed by atoms with E-state index in [1.54, 1.807) is 0 Å². The van der Waals surface area contributed by atoms with Crippen molar-refractivity contribution < 1.29 is 4.79 Å². The molecule has 0 spiro atoms. The molecule has 23 heavy (non-hydrogen) atoms. The van der Waals surface area contributed by atoms with Crippen LogP contribution in [0.15, 0.2) is 42.6 Å². The SMILES string of the molecule is Cc1ccc([C@@H]2CC(=O)NCc3nc4ccccn4c32)cc1C. The van der Waals surface area contributed by atoms with Crippen molar-refractivity contribution in [3.8, 4) is 0 Å². The Balaban J connectivity index is 1.94. The van der Waals surface area contributed by atoms with Crippen molar-refractivity contribution in [1.29, 1.82) is 0 Å². The van der Waals surface area contributed by atoms with Crippen molar-refractivity contribution in [2.75, 3.05) is 0 Å². The number of nitrogens with one attached hydrogen (secondary N) is 1. The minimum absolute atomic E-state index is 0.0317. The Morgan fingerprint density at radius 2 is 2.04 bits per heavy atom. The zero-order valence-electron chi connectivity index (χ0n) is 13.3. The van der Waals surface area contributed by atoms with Crippen LogP contribution in [-0.2, 0) is 11.3 Å². The molecule has 0 bridgehead atoms. The molecule has 1 aromatic carbocycles. The first-order chi connectivity index (χ1) is 11.1. The topological polar surface area (TPSA) is 46.4 Å². The second kappa shape index (κ2) is 5.23. The lowest BCUT2D eigenvalue weighted by Gasteiger charge is -2.17. The van der Waals surface area contributed by atoms with Gasteiger partial charge in [0.25, 0.3) is 0 Å². The Morgan fingerprint density at radius 3 is 2.87 bits per heavy atom. The summed E-state index contributed by atoms with van der Waals surface area (Å²) in [6.07, 6.45) is 2.49. The van der Waals surface area contributed by atoms with Gasteiger partial charge in [-0.15, -0.1) is 0 Å². The van der Waals surface area contributed by atoms with Crippen LogP contribution in [-0.4, -0.2) is 15.3 Å². The van der Waals surface area contributed by atoms with E-state index in [1.807, 2.05) is 24.4 Å². The molecule has 3 heterocycles. The molecule has 4 nitrogen and oxygen atoms in total. The Bertz CT molecular complexity index is 910. The maximum atomic E-state index is 12.2. The van der Waals surface area contributed by atoms with Crippen LogP contribution in [0.5, 0.6) is 0 Å². The van der Waals surface area contributed by atoms with Crippen molar-refractivity contribution in [3.63, 3.8) is 0 Å². The van der Waals surface area contributed by atoms with Crippen LogP contribution < -0.4 is 5.32 Å². The van der Waals surface area contributed by atoms with Gasteiger partial charge >= 0.3 is 0 Å². The normalized spacial score (nSPS) is 17.7. The number of amides is 1. The molecule has 1 aliphatic rings. The summed E-state index contributed by atoms with van der Waals surface area (Å²) < 4.78 is 2.12. The van der Waals surface area contributed by atoms with E-state index in [2.05, 4.69) is 41.8 Å². The van der Waals surface area contributed by atoms with Gasteiger partial charge in [-0.25, -0.2) is 4.98 Å². The number of imidazole rings is 1. The van der Waals surface area contributed by atoms with Gasteiger partial charge in [0.2, 0.25) is 5.91 Å². The van der Waals surface area contributed by atoms with Crippen LogP contribution >= 0.6 is 0 Å². The third-order valence-corrected chi connectivity index (χ3v) is 4.75. The molecule has 3 aromatic rings. The number of aryl methyl sites for hydroxylation is 2. The van der Waals surface area contributed by atoms with Gasteiger partial charge in [0.1, 0.15) is 5.65 Å². The molecule has 0 saturated carbocycles. The first kappa shape index (κ1) is 14.0. The van der Waals surface area contributed by atoms with Gasteiger partial charge < -0.3 is 9.72 Å². The first-order valence-corrected chi connectivity index (χ1v) is 7.93. The zero-order chi connectivity index (χ0) is 16.0. The molecule has 0 fully saturated rings. The van der Waals surface area contributed by atoms with Gasteiger partial charge in [-0.1, -0.05) is 24.3 Å². The van der Waals surface area contributed by atoms with Gasteiger partial charge in [-0.05, 0) is 42.7 Å². The third kappa shape index (κ3) is 2.31. The maximum Gasteiger partial charge on any atom is 0.221 e. The molecule has 2 aromatic heterocycles. The molecular weight excluding hydrogens is 286 g/mol. The summed E-state index contributed by atoms with van der Waals surface area (Å²) in [6.45, 7) is 4.72. The van der Waals surface area contributed by atoms with Crippen LogP contribution in [0.3, 0.4) is 0 Å². The Hall–Kier alpha value is -2.62. The largest absolute Gasteiger partial charge is 0.350 e. The van der Waals surface area contributed by atoms with E-state index in [4.69, 9.17) is 4.98 Å². The molecule has 0 radical (unpaired) electrons. The number of pyridine rings is 1. The number of benzene rings is 1. The van der Waals surface area contributed by atoms with Crippen molar-refractivity contribution >= 4 is 11.6 Å². The van der Waals surface area contributed by atoms with Crippen LogP contribution in [0.4, 0.5) is 0 Å². The standard InChI is InChI=1S/C19H19N3O/c1-12-6-7-14(9-13(12)2)15-10-18(23)20-11-16-19(15)22-8-4-3-5-17(22)21-16/h3-9,15H,10-11H2,1-2H3,(H,20,23)/t15-/m0/s1. The number of carbonyl (C=O) groups is 1. The molecule has 0 saturated heterocycles. The van der Waals surface area contributed by atoms with E-state index in [9.17, 15) is 4.79 Å². The van der Waals surface area contributed by atoms with Gasteiger partial charge in [-0.2, -0.15) is 0 Å². The van der Waals surface area contributed by atoms with Crippen LogP contribution in [0.1, 0.15) is 40.4 Å². The van der Waals surface area contributed by atoms with Crippen molar-refractivity contribution in [1.82, 2.24) is 14.7 Å². The monoisotopic (exact) mass is 305 g/mol. The summed E-state index contributed by atoms with van der Waals surface area (Å²) in [5, 5.41) is 2.97. The number of carbonyl (C=O) groups excluding carboxylic acids is 1. The fourth-order valence-corrected chi connectivity index (χ4v) is 3.36. The molecule has 1 aliphatic heterocycles. The van der Waals surface area contributed by atoms with E-state index in [0.29, 0.717) is 13.0 Å². The summed E-state index contributed by atoms with van der Waals surface area (Å²) in [7, 11) is 0. The minimum atomic E-state index is 0.0317. The third-order valence-electron chi connectivity index (χ3n) is 4.75. The molecule has 4 heteroatoms. The molecular formula is C19H19N3O. The number of fused-ring (bicyclic) bond motifs is 3. The lowest BCUT2D eigenvalue weighted by molar-refractivity contribution is -0.121. The molecule has 0 unspecified atom stereocenters. The number of hydrogen-bond acceptors (Lipinski definition) is 2. The average Bonchev–Trinajstić information content (AvgIpc) is 2.83. The Morgan fingerprint density at radius 1 is 1.17 bits per heavy atom. The summed E-state index contributed by atoms with van der Waals surface area (Å²) >= 11 is 0. The van der Waals surface area contributed by atoms with E-state index in [-0.39, 0.29) is 11.8 Å². The zero-order valence-corrected chi connectivity index (χ0v) is 13.3. The van der Waals surface area contributed by atoms with Crippen LogP contribution in [0.2, 0.25) is 0 Å². The second-order valence-electron chi connectivity index (χ2n) is 6.25. The summed E-state index contributed by atoms with van der Waals surface area (Å²) in [6, 6.07) is 12.5. The quantitative estimate of drug-likeness (QED) is 0.751. The molecule has 1 N–H and O–H groups in total. The molecule has 4 rings (SSSR count). The van der Waals surface area contributed by atoms with E-state index in [0.717, 1.165) is 17.0 Å². The molecule has 1 atom stereocenters. The molecule has 116 valence electrons. The van der Waals surface area contributed by atoms with Crippen LogP contribution in [0, 0.1) is 13.8 Å². The highest BCUT2D eigenvalue weighted by molar-refractivity contribution is 5.78. The first-order valence-electron chi connectivity index (χ1n) is 7.93. The van der Waals surface area contributed by atoms with Crippen molar-refractivity contribution in [2.45, 2.75) is 32.7 Å². The van der Waals surface area contributed by atoms with E-state index in [1.165, 1.54) is 16.7 Å². The highest BCUT2D eigenvalue weighted by Gasteiger charge is 2.28.